The molecule has 3 heterocycles. The van der Waals surface area contributed by atoms with Gasteiger partial charge in [0.25, 0.3) is 0 Å². The summed E-state index contributed by atoms with van der Waals surface area (Å²) in [5, 5.41) is 9.75. The van der Waals surface area contributed by atoms with E-state index >= 15 is 4.39 Å². The third-order valence-electron chi connectivity index (χ3n) is 9.82. The molecule has 2 aliphatic carbocycles. The highest BCUT2D eigenvalue weighted by Gasteiger charge is 2.46. The Morgan fingerprint density at radius 3 is 2.71 bits per heavy atom. The number of fused-ring (bicyclic) bond motifs is 2. The van der Waals surface area contributed by atoms with Crippen LogP contribution in [0.25, 0.3) is 11.1 Å². The van der Waals surface area contributed by atoms with Crippen LogP contribution in [-0.2, 0) is 17.8 Å². The maximum atomic E-state index is 15.1. The molecule has 3 aromatic rings. The van der Waals surface area contributed by atoms with E-state index in [0.717, 1.165) is 72.7 Å². The van der Waals surface area contributed by atoms with Crippen LogP contribution in [0, 0.1) is 23.6 Å². The molecule has 3 unspecified atom stereocenters. The first-order valence-corrected chi connectivity index (χ1v) is 15.0. The largest absolute Gasteiger partial charge is 0.485 e. The summed E-state index contributed by atoms with van der Waals surface area (Å²) in [5.74, 6) is 0.965. The summed E-state index contributed by atoms with van der Waals surface area (Å²) in [5.41, 5.74) is 5.78. The van der Waals surface area contributed by atoms with Crippen LogP contribution in [0.5, 0.6) is 11.6 Å². The second kappa shape index (κ2) is 10.4. The van der Waals surface area contributed by atoms with Gasteiger partial charge in [0.1, 0.15) is 17.7 Å². The van der Waals surface area contributed by atoms with Gasteiger partial charge in [-0.15, -0.1) is 0 Å². The summed E-state index contributed by atoms with van der Waals surface area (Å²) in [6.07, 6.45) is 7.54. The third-order valence-corrected chi connectivity index (χ3v) is 9.82. The lowest BCUT2D eigenvalue weighted by molar-refractivity contribution is -0.142. The topological polar surface area (TPSA) is 71.9 Å². The minimum absolute atomic E-state index is 0.00613. The van der Waals surface area contributed by atoms with Crippen molar-refractivity contribution in [2.75, 3.05) is 13.7 Å². The number of nitrogens with zero attached hydrogens (tertiary/aromatic N) is 2. The minimum atomic E-state index is -0.746. The van der Waals surface area contributed by atoms with Gasteiger partial charge >= 0.3 is 5.97 Å². The maximum absolute atomic E-state index is 15.1. The Kier molecular flexibility index (Phi) is 6.73. The number of carboxylic acid groups (broad SMARTS) is 1. The van der Waals surface area contributed by atoms with E-state index in [1.165, 1.54) is 24.6 Å². The number of likely N-dealkylation sites (tertiary alicyclic amines) is 1. The van der Waals surface area contributed by atoms with Crippen molar-refractivity contribution >= 4 is 5.97 Å². The number of piperidine rings is 1. The first-order valence-electron chi connectivity index (χ1n) is 15.0. The van der Waals surface area contributed by atoms with Crippen LogP contribution < -0.4 is 9.47 Å². The SMILES string of the molecule is COc1cc(-c2ccc([C@@H]3CCc4ccc(C(C5CC5)[C@H](C)C(=O)O)cc4O3)cc2CN2CCC3CC32)c(F)cn1. The van der Waals surface area contributed by atoms with Crippen molar-refractivity contribution in [3.8, 4) is 22.8 Å². The van der Waals surface area contributed by atoms with Crippen molar-refractivity contribution in [1.82, 2.24) is 9.88 Å². The molecule has 0 amide bonds. The zero-order valence-electron chi connectivity index (χ0n) is 23.7. The molecule has 2 saturated carbocycles. The van der Waals surface area contributed by atoms with E-state index in [9.17, 15) is 9.90 Å². The summed E-state index contributed by atoms with van der Waals surface area (Å²) >= 11 is 0. The number of pyridine rings is 1. The molecule has 5 atom stereocenters. The number of aryl methyl sites for hydroxylation is 1. The normalized spacial score (nSPS) is 24.6. The molecule has 1 N–H and O–H groups in total. The van der Waals surface area contributed by atoms with Gasteiger partial charge in [0.05, 0.1) is 19.2 Å². The lowest BCUT2D eigenvalue weighted by atomic mass is 9.82. The predicted molar refractivity (Wildman–Crippen MR) is 154 cm³/mol. The smallest absolute Gasteiger partial charge is 0.306 e. The summed E-state index contributed by atoms with van der Waals surface area (Å²) in [6, 6.07) is 14.9. The van der Waals surface area contributed by atoms with Crippen LogP contribution in [0.2, 0.25) is 0 Å². The minimum Gasteiger partial charge on any atom is -0.485 e. The molecular weight excluding hydrogens is 519 g/mol. The number of aliphatic carboxylic acids is 1. The van der Waals surface area contributed by atoms with E-state index in [4.69, 9.17) is 9.47 Å². The van der Waals surface area contributed by atoms with Gasteiger partial charge in [0.2, 0.25) is 5.88 Å². The fourth-order valence-electron chi connectivity index (χ4n) is 7.25. The summed E-state index contributed by atoms with van der Waals surface area (Å²) in [4.78, 5) is 18.4. The van der Waals surface area contributed by atoms with Gasteiger partial charge < -0.3 is 14.6 Å². The first-order chi connectivity index (χ1) is 19.9. The highest BCUT2D eigenvalue weighted by Crippen LogP contribution is 2.49. The van der Waals surface area contributed by atoms with Crippen LogP contribution >= 0.6 is 0 Å². The summed E-state index contributed by atoms with van der Waals surface area (Å²) in [6.45, 7) is 3.68. The van der Waals surface area contributed by atoms with E-state index in [-0.39, 0.29) is 17.8 Å². The highest BCUT2D eigenvalue weighted by molar-refractivity contribution is 5.71. The Morgan fingerprint density at radius 2 is 2.00 bits per heavy atom. The van der Waals surface area contributed by atoms with Crippen molar-refractivity contribution < 1.29 is 23.8 Å². The lowest BCUT2D eigenvalue weighted by Crippen LogP contribution is -2.23. The number of hydrogen-bond donors (Lipinski definition) is 1. The zero-order chi connectivity index (χ0) is 28.2. The molecule has 0 spiro atoms. The number of halogens is 1. The monoisotopic (exact) mass is 556 g/mol. The molecule has 4 aliphatic rings. The van der Waals surface area contributed by atoms with Gasteiger partial charge in [-0.25, -0.2) is 9.37 Å². The van der Waals surface area contributed by atoms with Crippen LogP contribution in [0.3, 0.4) is 0 Å². The Bertz CT molecular complexity index is 1490. The lowest BCUT2D eigenvalue weighted by Gasteiger charge is -2.29. The Labute approximate surface area is 240 Å². The molecule has 2 aromatic carbocycles. The van der Waals surface area contributed by atoms with Crippen molar-refractivity contribution in [3.05, 3.63) is 76.7 Å². The number of methoxy groups -OCH3 is 1. The van der Waals surface area contributed by atoms with Crippen molar-refractivity contribution in [3.63, 3.8) is 0 Å². The number of aromatic nitrogens is 1. The van der Waals surface area contributed by atoms with Crippen molar-refractivity contribution in [1.29, 1.82) is 0 Å². The second-order valence-corrected chi connectivity index (χ2v) is 12.4. The van der Waals surface area contributed by atoms with Gasteiger partial charge in [0.15, 0.2) is 0 Å². The second-order valence-electron chi connectivity index (χ2n) is 12.4. The van der Waals surface area contributed by atoms with Gasteiger partial charge in [-0.3, -0.25) is 9.69 Å². The number of rotatable bonds is 9. The number of carboxylic acids is 1. The van der Waals surface area contributed by atoms with E-state index in [1.54, 1.807) is 13.2 Å². The van der Waals surface area contributed by atoms with Gasteiger partial charge in [-0.2, -0.15) is 0 Å². The molecule has 2 aliphatic heterocycles. The summed E-state index contributed by atoms with van der Waals surface area (Å²) < 4.78 is 27.0. The van der Waals surface area contributed by atoms with Crippen molar-refractivity contribution in [2.24, 2.45) is 17.8 Å². The molecule has 6 nitrogen and oxygen atoms in total. The van der Waals surface area contributed by atoms with E-state index in [0.29, 0.717) is 23.4 Å². The fourth-order valence-corrected chi connectivity index (χ4v) is 7.25. The molecule has 214 valence electrons. The van der Waals surface area contributed by atoms with E-state index in [1.807, 2.05) is 13.0 Å². The Morgan fingerprint density at radius 1 is 1.15 bits per heavy atom. The Balaban J connectivity index is 1.20. The molecule has 7 heteroatoms. The molecule has 1 aromatic heterocycles. The quantitative estimate of drug-likeness (QED) is 0.314. The molecule has 1 saturated heterocycles. The van der Waals surface area contributed by atoms with Crippen LogP contribution in [0.1, 0.15) is 73.3 Å². The van der Waals surface area contributed by atoms with Crippen molar-refractivity contribution in [2.45, 2.75) is 70.1 Å². The highest BCUT2D eigenvalue weighted by atomic mass is 19.1. The Hall–Kier alpha value is -3.45. The zero-order valence-corrected chi connectivity index (χ0v) is 23.7. The predicted octanol–water partition coefficient (Wildman–Crippen LogP) is 6.77. The molecular formula is C34H37FN2O4. The number of carbonyl (C=O) groups is 1. The fraction of sp³-hybridized carbons (Fsp3) is 0.471. The van der Waals surface area contributed by atoms with Crippen LogP contribution in [0.4, 0.5) is 4.39 Å². The number of ether oxygens (including phenoxy) is 2. The third kappa shape index (κ3) is 5.09. The van der Waals surface area contributed by atoms with Gasteiger partial charge in [0, 0.05) is 24.2 Å². The molecule has 7 rings (SSSR count). The number of benzene rings is 2. The number of hydrogen-bond acceptors (Lipinski definition) is 5. The molecule has 3 fully saturated rings. The molecule has 41 heavy (non-hydrogen) atoms. The van der Waals surface area contributed by atoms with E-state index in [2.05, 4.69) is 40.2 Å². The maximum Gasteiger partial charge on any atom is 0.306 e. The summed E-state index contributed by atoms with van der Waals surface area (Å²) in [7, 11) is 1.55. The van der Waals surface area contributed by atoms with Gasteiger partial charge in [-0.05, 0) is 96.7 Å². The van der Waals surface area contributed by atoms with E-state index < -0.39 is 11.9 Å². The molecule has 0 bridgehead atoms. The first kappa shape index (κ1) is 26.4. The van der Waals surface area contributed by atoms with Gasteiger partial charge in [-0.1, -0.05) is 37.3 Å². The molecule has 0 radical (unpaired) electrons. The average Bonchev–Trinajstić information content (AvgIpc) is 3.92. The average molecular weight is 557 g/mol. The van der Waals surface area contributed by atoms with Crippen LogP contribution in [-0.4, -0.2) is 40.7 Å². The van der Waals surface area contributed by atoms with Crippen LogP contribution in [0.15, 0.2) is 48.7 Å². The standard InChI is InChI=1S/C34H37FN2O4/c1-19(34(38)39)33(21-4-5-21)24-6-3-20-8-10-30(41-31(20)15-24)23-7-9-26(27-16-32(40-2)36-17-28(27)35)25(13-23)18-37-12-11-22-14-29(22)37/h3,6-7,9,13,15-17,19,21-22,29-30,33H,4-5,8,10-12,14,18H2,1-2H3,(H,38,39)/t19-,22?,29?,30-,33?/m0/s1.